The van der Waals surface area contributed by atoms with Crippen molar-refractivity contribution in [3.05, 3.63) is 6.33 Å². The largest absolute Gasteiger partial charge is 0.468 e. The van der Waals surface area contributed by atoms with Gasteiger partial charge in [-0.05, 0) is 19.3 Å². The third-order valence-electron chi connectivity index (χ3n) is 3.86. The van der Waals surface area contributed by atoms with E-state index in [4.69, 9.17) is 0 Å². The highest BCUT2D eigenvalue weighted by atomic mass is 32.2. The molecule has 10 nitrogen and oxygen atoms in total. The number of hydrogen-bond acceptors (Lipinski definition) is 10. The molecule has 3 rings (SSSR count). The zero-order valence-corrected chi connectivity index (χ0v) is 15.9. The number of nitrogens with zero attached hydrogens (tertiary/aromatic N) is 8. The molecule has 140 valence electrons. The molecule has 2 aromatic rings. The number of hydrogen-bond donors (Lipinski definition) is 0. The van der Waals surface area contributed by atoms with Crippen LogP contribution < -0.4 is 9.80 Å². The third-order valence-corrected chi connectivity index (χ3v) is 4.69. The minimum Gasteiger partial charge on any atom is -0.468 e. The first-order valence-corrected chi connectivity index (χ1v) is 9.35. The fraction of sp³-hybridized carbons (Fsp3) is 0.600. The molecule has 0 aromatic carbocycles. The Balaban J connectivity index is 1.85. The number of thioether (sulfide) groups is 1. The summed E-state index contributed by atoms with van der Waals surface area (Å²) >= 11 is 1.20. The molecule has 0 atom stereocenters. The van der Waals surface area contributed by atoms with Crippen molar-refractivity contribution in [1.29, 1.82) is 0 Å². The molecule has 26 heavy (non-hydrogen) atoms. The van der Waals surface area contributed by atoms with Gasteiger partial charge in [-0.1, -0.05) is 11.8 Å². The summed E-state index contributed by atoms with van der Waals surface area (Å²) in [5, 5.41) is 4.80. The minimum atomic E-state index is -0.325. The predicted octanol–water partition coefficient (Wildman–Crippen LogP) is 0.774. The molecular weight excluding hydrogens is 356 g/mol. The van der Waals surface area contributed by atoms with Crippen LogP contribution in [0.25, 0.3) is 5.95 Å². The highest BCUT2D eigenvalue weighted by Gasteiger charge is 2.18. The van der Waals surface area contributed by atoms with Gasteiger partial charge in [-0.3, -0.25) is 4.79 Å². The smallest absolute Gasteiger partial charge is 0.316 e. The molecule has 1 fully saturated rings. The van der Waals surface area contributed by atoms with Crippen molar-refractivity contribution >= 4 is 29.6 Å². The van der Waals surface area contributed by atoms with Crippen LogP contribution in [0.1, 0.15) is 19.3 Å². The Morgan fingerprint density at radius 2 is 1.92 bits per heavy atom. The molecule has 0 unspecified atom stereocenters. The Labute approximate surface area is 156 Å². The summed E-state index contributed by atoms with van der Waals surface area (Å²) in [6.07, 6.45) is 5.04. The Morgan fingerprint density at radius 3 is 2.62 bits per heavy atom. The van der Waals surface area contributed by atoms with Crippen molar-refractivity contribution in [3.8, 4) is 5.95 Å². The van der Waals surface area contributed by atoms with Gasteiger partial charge in [-0.2, -0.15) is 19.6 Å². The quantitative estimate of drug-likeness (QED) is 0.529. The zero-order valence-electron chi connectivity index (χ0n) is 15.1. The highest BCUT2D eigenvalue weighted by Crippen LogP contribution is 2.19. The molecule has 1 saturated heterocycles. The van der Waals surface area contributed by atoms with Gasteiger partial charge in [0.25, 0.3) is 5.95 Å². The van der Waals surface area contributed by atoms with E-state index in [1.807, 2.05) is 19.0 Å². The van der Waals surface area contributed by atoms with Crippen LogP contribution in [-0.2, 0) is 9.53 Å². The van der Waals surface area contributed by atoms with Gasteiger partial charge in [0.1, 0.15) is 6.33 Å². The van der Waals surface area contributed by atoms with Gasteiger partial charge in [0.05, 0.1) is 12.9 Å². The van der Waals surface area contributed by atoms with E-state index in [-0.39, 0.29) is 11.7 Å². The summed E-state index contributed by atoms with van der Waals surface area (Å²) in [6.45, 7) is 1.88. The van der Waals surface area contributed by atoms with Crippen molar-refractivity contribution in [2.45, 2.75) is 24.4 Å². The van der Waals surface area contributed by atoms with E-state index in [1.165, 1.54) is 36.3 Å². The van der Waals surface area contributed by atoms with E-state index < -0.39 is 0 Å². The highest BCUT2D eigenvalue weighted by molar-refractivity contribution is 7.99. The van der Waals surface area contributed by atoms with Gasteiger partial charge in [-0.25, -0.2) is 4.98 Å². The van der Waals surface area contributed by atoms with Crippen LogP contribution in [0.5, 0.6) is 0 Å². The number of anilines is 2. The summed E-state index contributed by atoms with van der Waals surface area (Å²) < 4.78 is 6.12. The fourth-order valence-electron chi connectivity index (χ4n) is 2.47. The molecular formula is C15H22N8O2S. The number of rotatable bonds is 6. The Hall–Kier alpha value is -2.43. The Bertz CT molecular complexity index is 760. The van der Waals surface area contributed by atoms with Crippen molar-refractivity contribution in [2.75, 3.05) is 49.8 Å². The maximum Gasteiger partial charge on any atom is 0.316 e. The SMILES string of the molecule is COC(=O)CSc1ncn(-c2nc(N(C)C)nc(N3CCCCC3)n2)n1. The second kappa shape index (κ2) is 8.30. The third kappa shape index (κ3) is 4.40. The number of ether oxygens (including phenoxy) is 1. The van der Waals surface area contributed by atoms with E-state index in [9.17, 15) is 4.79 Å². The lowest BCUT2D eigenvalue weighted by atomic mass is 10.1. The van der Waals surface area contributed by atoms with Gasteiger partial charge in [-0.15, -0.1) is 5.10 Å². The van der Waals surface area contributed by atoms with Crippen molar-refractivity contribution < 1.29 is 9.53 Å². The van der Waals surface area contributed by atoms with Crippen molar-refractivity contribution in [1.82, 2.24) is 29.7 Å². The Kier molecular flexibility index (Phi) is 5.86. The average Bonchev–Trinajstić information content (AvgIpc) is 3.15. The molecule has 0 N–H and O–H groups in total. The number of carbonyl (C=O) groups is 1. The second-order valence-corrected chi connectivity index (χ2v) is 6.96. The van der Waals surface area contributed by atoms with E-state index in [0.717, 1.165) is 25.9 Å². The lowest BCUT2D eigenvalue weighted by Gasteiger charge is -2.27. The summed E-state index contributed by atoms with van der Waals surface area (Å²) in [5.41, 5.74) is 0. The molecule has 2 aromatic heterocycles. The molecule has 0 amide bonds. The second-order valence-electron chi connectivity index (χ2n) is 6.01. The number of esters is 1. The maximum atomic E-state index is 11.3. The van der Waals surface area contributed by atoms with Crippen LogP contribution in [0.3, 0.4) is 0 Å². The van der Waals surface area contributed by atoms with Gasteiger partial charge < -0.3 is 14.5 Å². The Morgan fingerprint density at radius 1 is 1.19 bits per heavy atom. The number of piperidine rings is 1. The molecule has 0 spiro atoms. The van der Waals surface area contributed by atoms with E-state index in [1.54, 1.807) is 0 Å². The van der Waals surface area contributed by atoms with Crippen LogP contribution in [0.15, 0.2) is 11.5 Å². The van der Waals surface area contributed by atoms with E-state index >= 15 is 0 Å². The standard InChI is InChI=1S/C15H22N8O2S/c1-21(2)12-17-13(22-7-5-4-6-8-22)19-14(18-12)23-10-16-15(20-23)26-9-11(24)25-3/h10H,4-9H2,1-3H3. The van der Waals surface area contributed by atoms with Crippen molar-refractivity contribution in [3.63, 3.8) is 0 Å². The first kappa shape index (κ1) is 18.4. The molecule has 3 heterocycles. The van der Waals surface area contributed by atoms with Gasteiger partial charge in [0.15, 0.2) is 0 Å². The van der Waals surface area contributed by atoms with Crippen LogP contribution in [0, 0.1) is 0 Å². The molecule has 11 heteroatoms. The summed E-state index contributed by atoms with van der Waals surface area (Å²) in [7, 11) is 5.13. The molecule has 1 aliphatic rings. The lowest BCUT2D eigenvalue weighted by Crippen LogP contribution is -2.32. The van der Waals surface area contributed by atoms with Gasteiger partial charge in [0, 0.05) is 27.2 Å². The molecule has 0 radical (unpaired) electrons. The molecule has 0 saturated carbocycles. The number of carbonyl (C=O) groups excluding carboxylic acids is 1. The van der Waals surface area contributed by atoms with Gasteiger partial charge in [0.2, 0.25) is 17.1 Å². The lowest BCUT2D eigenvalue weighted by molar-refractivity contribution is -0.137. The fourth-order valence-corrected chi connectivity index (χ4v) is 3.11. The summed E-state index contributed by atoms with van der Waals surface area (Å²) in [5.74, 6) is 1.45. The summed E-state index contributed by atoms with van der Waals surface area (Å²) in [6, 6.07) is 0. The average molecular weight is 378 g/mol. The van der Waals surface area contributed by atoms with Crippen LogP contribution in [0.4, 0.5) is 11.9 Å². The monoisotopic (exact) mass is 378 g/mol. The zero-order chi connectivity index (χ0) is 18.5. The van der Waals surface area contributed by atoms with Gasteiger partial charge >= 0.3 is 5.97 Å². The number of aromatic nitrogens is 6. The van der Waals surface area contributed by atoms with Crippen LogP contribution in [-0.4, -0.2) is 75.7 Å². The first-order chi connectivity index (χ1) is 12.6. The summed E-state index contributed by atoms with van der Waals surface area (Å²) in [4.78, 5) is 33.0. The first-order valence-electron chi connectivity index (χ1n) is 8.37. The maximum absolute atomic E-state index is 11.3. The molecule has 1 aliphatic heterocycles. The van der Waals surface area contributed by atoms with Crippen molar-refractivity contribution in [2.24, 2.45) is 0 Å². The van der Waals surface area contributed by atoms with Crippen LogP contribution in [0.2, 0.25) is 0 Å². The normalized spacial score (nSPS) is 14.3. The predicted molar refractivity (Wildman–Crippen MR) is 97.9 cm³/mol. The molecule has 0 bridgehead atoms. The number of methoxy groups -OCH3 is 1. The van der Waals surface area contributed by atoms with Crippen LogP contribution >= 0.6 is 11.8 Å². The molecule has 0 aliphatic carbocycles. The van der Waals surface area contributed by atoms with E-state index in [2.05, 4.69) is 34.7 Å². The minimum absolute atomic E-state index is 0.152. The van der Waals surface area contributed by atoms with E-state index in [0.29, 0.717) is 23.0 Å². The topological polar surface area (TPSA) is 102 Å².